The average Bonchev–Trinajstić information content (AvgIpc) is 2.79. The molecule has 4 rings (SSSR count). The van der Waals surface area contributed by atoms with Crippen LogP contribution in [0.5, 0.6) is 0 Å². The smallest absolute Gasteiger partial charge is 0.368 e. The number of halogens is 4. The maximum Gasteiger partial charge on any atom is 0.433 e. The molecule has 1 unspecified atom stereocenters. The number of sulfone groups is 1. The highest BCUT2D eigenvalue weighted by molar-refractivity contribution is 9.10. The Bertz CT molecular complexity index is 1270. The Balaban J connectivity index is 1.62. The molecule has 0 radical (unpaired) electrons. The minimum atomic E-state index is -4.47. The van der Waals surface area contributed by atoms with Crippen molar-refractivity contribution in [1.29, 1.82) is 0 Å². The standard InChI is InChI=1S/C24H23BrF3N3O2S/c1-34(32,33)19-6-4-5-18(13-19)30-11-12-31(22(16-30)20-7-2-3-8-21(20)25)15-17-9-10-23(29-14-17)24(26,27)28/h2-10,13-14,22H,11-12,15-16H2,1H3. The van der Waals surface area contributed by atoms with Crippen LogP contribution in [0.4, 0.5) is 18.9 Å². The lowest BCUT2D eigenvalue weighted by Gasteiger charge is -2.43. The van der Waals surface area contributed by atoms with Crippen LogP contribution in [0.1, 0.15) is 22.9 Å². The molecule has 1 fully saturated rings. The van der Waals surface area contributed by atoms with Crippen molar-refractivity contribution in [2.45, 2.75) is 23.7 Å². The number of rotatable bonds is 5. The van der Waals surface area contributed by atoms with Crippen LogP contribution in [-0.4, -0.2) is 44.2 Å². The molecule has 34 heavy (non-hydrogen) atoms. The molecule has 1 aliphatic rings. The molecular weight excluding hydrogens is 531 g/mol. The Morgan fingerprint density at radius 3 is 2.47 bits per heavy atom. The van der Waals surface area contributed by atoms with Crippen LogP contribution in [0.25, 0.3) is 0 Å². The number of alkyl halides is 3. The van der Waals surface area contributed by atoms with Crippen LogP contribution in [0.3, 0.4) is 0 Å². The molecule has 1 atom stereocenters. The van der Waals surface area contributed by atoms with E-state index < -0.39 is 21.7 Å². The van der Waals surface area contributed by atoms with Gasteiger partial charge in [0, 0.05) is 48.8 Å². The van der Waals surface area contributed by atoms with Crippen molar-refractivity contribution in [3.8, 4) is 0 Å². The van der Waals surface area contributed by atoms with Crippen LogP contribution in [0.2, 0.25) is 0 Å². The summed E-state index contributed by atoms with van der Waals surface area (Å²) in [5, 5.41) is 0. The van der Waals surface area contributed by atoms with Crippen LogP contribution in [-0.2, 0) is 22.6 Å². The molecule has 0 bridgehead atoms. The number of hydrogen-bond donors (Lipinski definition) is 0. The first-order chi connectivity index (χ1) is 16.0. The average molecular weight is 554 g/mol. The van der Waals surface area contributed by atoms with Gasteiger partial charge in [-0.2, -0.15) is 13.2 Å². The van der Waals surface area contributed by atoms with Gasteiger partial charge in [-0.05, 0) is 41.5 Å². The first kappa shape index (κ1) is 24.7. The van der Waals surface area contributed by atoms with E-state index in [1.54, 1.807) is 18.2 Å². The fourth-order valence-electron chi connectivity index (χ4n) is 4.12. The Kier molecular flexibility index (Phi) is 7.02. The predicted octanol–water partition coefficient (Wildman–Crippen LogP) is 5.33. The maximum absolute atomic E-state index is 12.9. The first-order valence-corrected chi connectivity index (χ1v) is 13.3. The van der Waals surface area contributed by atoms with E-state index in [1.807, 2.05) is 30.3 Å². The normalized spacial score (nSPS) is 17.7. The highest BCUT2D eigenvalue weighted by Gasteiger charge is 2.33. The Labute approximate surface area is 205 Å². The van der Waals surface area contributed by atoms with Gasteiger partial charge < -0.3 is 4.90 Å². The van der Waals surface area contributed by atoms with Crippen molar-refractivity contribution >= 4 is 31.5 Å². The highest BCUT2D eigenvalue weighted by Crippen LogP contribution is 2.34. The molecule has 0 saturated carbocycles. The number of hydrogen-bond acceptors (Lipinski definition) is 5. The molecule has 1 aliphatic heterocycles. The molecule has 0 aliphatic carbocycles. The van der Waals surface area contributed by atoms with Crippen LogP contribution < -0.4 is 4.90 Å². The van der Waals surface area contributed by atoms with Gasteiger partial charge >= 0.3 is 6.18 Å². The topological polar surface area (TPSA) is 53.5 Å². The molecule has 10 heteroatoms. The minimum Gasteiger partial charge on any atom is -0.368 e. The summed E-state index contributed by atoms with van der Waals surface area (Å²) in [6.45, 7) is 2.30. The van der Waals surface area contributed by atoms with Crippen molar-refractivity contribution in [2.24, 2.45) is 0 Å². The number of aromatic nitrogens is 1. The van der Waals surface area contributed by atoms with E-state index >= 15 is 0 Å². The molecule has 3 aromatic rings. The van der Waals surface area contributed by atoms with E-state index in [1.165, 1.54) is 18.5 Å². The zero-order chi connectivity index (χ0) is 24.5. The summed E-state index contributed by atoms with van der Waals surface area (Å²) in [6.07, 6.45) is -2.00. The SMILES string of the molecule is CS(=O)(=O)c1cccc(N2CCN(Cc3ccc(C(F)(F)F)nc3)C(c3ccccc3Br)C2)c1. The highest BCUT2D eigenvalue weighted by atomic mass is 79.9. The van der Waals surface area contributed by atoms with Crippen LogP contribution in [0.15, 0.2) is 76.2 Å². The molecule has 0 spiro atoms. The summed E-state index contributed by atoms with van der Waals surface area (Å²) in [4.78, 5) is 8.21. The lowest BCUT2D eigenvalue weighted by Crippen LogP contribution is -2.48. The van der Waals surface area contributed by atoms with E-state index in [0.29, 0.717) is 31.7 Å². The van der Waals surface area contributed by atoms with Gasteiger partial charge in [-0.3, -0.25) is 9.88 Å². The molecule has 1 aromatic heterocycles. The molecule has 0 N–H and O–H groups in total. The van der Waals surface area contributed by atoms with E-state index in [4.69, 9.17) is 0 Å². The molecule has 5 nitrogen and oxygen atoms in total. The summed E-state index contributed by atoms with van der Waals surface area (Å²) in [6, 6.07) is 17.1. The second kappa shape index (κ2) is 9.67. The fourth-order valence-corrected chi connectivity index (χ4v) is 5.33. The zero-order valence-corrected chi connectivity index (χ0v) is 20.7. The second-order valence-electron chi connectivity index (χ2n) is 8.27. The molecule has 2 heterocycles. The summed E-state index contributed by atoms with van der Waals surface area (Å²) >= 11 is 3.63. The van der Waals surface area contributed by atoms with Crippen molar-refractivity contribution < 1.29 is 21.6 Å². The van der Waals surface area contributed by atoms with Crippen molar-refractivity contribution in [1.82, 2.24) is 9.88 Å². The Morgan fingerprint density at radius 1 is 1.06 bits per heavy atom. The number of piperazine rings is 1. The lowest BCUT2D eigenvalue weighted by molar-refractivity contribution is -0.141. The summed E-state index contributed by atoms with van der Waals surface area (Å²) in [7, 11) is -3.33. The van der Waals surface area contributed by atoms with Gasteiger partial charge in [0.15, 0.2) is 9.84 Å². The quantitative estimate of drug-likeness (QED) is 0.427. The minimum absolute atomic E-state index is 0.0755. The monoisotopic (exact) mass is 553 g/mol. The van der Waals surface area contributed by atoms with Crippen molar-refractivity contribution in [3.05, 3.63) is 88.2 Å². The Hall–Kier alpha value is -2.43. The fraction of sp³-hybridized carbons (Fsp3) is 0.292. The molecule has 0 amide bonds. The maximum atomic E-state index is 12.9. The van der Waals surface area contributed by atoms with Crippen LogP contribution in [0, 0.1) is 0 Å². The summed E-state index contributed by atoms with van der Waals surface area (Å²) in [5.74, 6) is 0. The first-order valence-electron chi connectivity index (χ1n) is 10.6. The Morgan fingerprint density at radius 2 is 1.82 bits per heavy atom. The van der Waals surface area contributed by atoms with Gasteiger partial charge in [0.2, 0.25) is 0 Å². The third kappa shape index (κ3) is 5.61. The van der Waals surface area contributed by atoms with Crippen molar-refractivity contribution in [2.75, 3.05) is 30.8 Å². The van der Waals surface area contributed by atoms with Crippen LogP contribution >= 0.6 is 15.9 Å². The van der Waals surface area contributed by atoms with Gasteiger partial charge in [-0.1, -0.05) is 46.3 Å². The molecule has 1 saturated heterocycles. The largest absolute Gasteiger partial charge is 0.433 e. The predicted molar refractivity (Wildman–Crippen MR) is 128 cm³/mol. The second-order valence-corrected chi connectivity index (χ2v) is 11.1. The van der Waals surface area contributed by atoms with E-state index in [-0.39, 0.29) is 10.9 Å². The van der Waals surface area contributed by atoms with E-state index in [9.17, 15) is 21.6 Å². The molecule has 2 aromatic carbocycles. The molecular formula is C24H23BrF3N3O2S. The number of benzene rings is 2. The number of nitrogens with zero attached hydrogens (tertiary/aromatic N) is 3. The summed E-state index contributed by atoms with van der Waals surface area (Å²) in [5.41, 5.74) is 1.65. The molecule has 180 valence electrons. The van der Waals surface area contributed by atoms with Gasteiger partial charge in [0.25, 0.3) is 0 Å². The van der Waals surface area contributed by atoms with Crippen molar-refractivity contribution in [3.63, 3.8) is 0 Å². The summed E-state index contributed by atoms with van der Waals surface area (Å²) < 4.78 is 63.7. The van der Waals surface area contributed by atoms with Gasteiger partial charge in [-0.25, -0.2) is 8.42 Å². The zero-order valence-electron chi connectivity index (χ0n) is 18.3. The van der Waals surface area contributed by atoms with E-state index in [2.05, 4.69) is 30.7 Å². The lowest BCUT2D eigenvalue weighted by atomic mass is 10.0. The van der Waals surface area contributed by atoms with Gasteiger partial charge in [0.1, 0.15) is 5.69 Å². The third-order valence-electron chi connectivity index (χ3n) is 5.87. The third-order valence-corrected chi connectivity index (χ3v) is 7.70. The van der Waals surface area contributed by atoms with Gasteiger partial charge in [0.05, 0.1) is 10.9 Å². The van der Waals surface area contributed by atoms with Gasteiger partial charge in [-0.15, -0.1) is 0 Å². The van der Waals surface area contributed by atoms with E-state index in [0.717, 1.165) is 21.8 Å². The number of anilines is 1. The number of pyridine rings is 1.